The first-order valence-corrected chi connectivity index (χ1v) is 15.5. The van der Waals surface area contributed by atoms with Crippen LogP contribution in [0.4, 0.5) is 0 Å². The molecule has 0 amide bonds. The standard InChI is InChI=1S/C30H56O3S/c1-3-5-8-12-27(22-24-33-30(32)21-18-26-14-10-7-11-15-26)16-19-29(31)20-17-28(23-25-34)13-9-6-4-2/h26-28,34H,3-25H2,1-2H3. The summed E-state index contributed by atoms with van der Waals surface area (Å²) in [5.41, 5.74) is 0. The van der Waals surface area contributed by atoms with Crippen molar-refractivity contribution >= 4 is 24.4 Å². The lowest BCUT2D eigenvalue weighted by molar-refractivity contribution is -0.144. The molecule has 1 saturated carbocycles. The average Bonchev–Trinajstić information content (AvgIpc) is 2.85. The third kappa shape index (κ3) is 17.0. The zero-order valence-electron chi connectivity index (χ0n) is 22.7. The molecule has 0 aromatic carbocycles. The number of hydrogen-bond acceptors (Lipinski definition) is 4. The van der Waals surface area contributed by atoms with Crippen LogP contribution in [-0.4, -0.2) is 24.1 Å². The number of thiol groups is 1. The van der Waals surface area contributed by atoms with Gasteiger partial charge in [-0.25, -0.2) is 0 Å². The van der Waals surface area contributed by atoms with Gasteiger partial charge < -0.3 is 4.74 Å². The Morgan fingerprint density at radius 1 is 0.765 bits per heavy atom. The van der Waals surface area contributed by atoms with Gasteiger partial charge in [-0.05, 0) is 55.6 Å². The number of ketones is 1. The van der Waals surface area contributed by atoms with Crippen LogP contribution in [0.15, 0.2) is 0 Å². The van der Waals surface area contributed by atoms with E-state index < -0.39 is 0 Å². The molecule has 0 aromatic rings. The Balaban J connectivity index is 2.29. The number of unbranched alkanes of at least 4 members (excludes halogenated alkanes) is 4. The lowest BCUT2D eigenvalue weighted by Gasteiger charge is -2.21. The lowest BCUT2D eigenvalue weighted by atomic mass is 9.86. The molecule has 1 aliphatic rings. The van der Waals surface area contributed by atoms with Crippen LogP contribution in [0.1, 0.15) is 149 Å². The third-order valence-electron chi connectivity index (χ3n) is 7.90. The van der Waals surface area contributed by atoms with Gasteiger partial charge in [0.1, 0.15) is 5.78 Å². The fourth-order valence-electron chi connectivity index (χ4n) is 5.48. The maximum Gasteiger partial charge on any atom is 0.305 e. The summed E-state index contributed by atoms with van der Waals surface area (Å²) >= 11 is 4.42. The predicted molar refractivity (Wildman–Crippen MR) is 149 cm³/mol. The van der Waals surface area contributed by atoms with E-state index >= 15 is 0 Å². The Kier molecular flexibility index (Phi) is 20.2. The van der Waals surface area contributed by atoms with Crippen molar-refractivity contribution in [2.24, 2.45) is 17.8 Å². The molecule has 2 unspecified atom stereocenters. The number of hydrogen-bond donors (Lipinski definition) is 1. The summed E-state index contributed by atoms with van der Waals surface area (Å²) in [5, 5.41) is 0. The highest BCUT2D eigenvalue weighted by molar-refractivity contribution is 7.80. The van der Waals surface area contributed by atoms with Crippen molar-refractivity contribution in [1.29, 1.82) is 0 Å². The minimum Gasteiger partial charge on any atom is -0.466 e. The van der Waals surface area contributed by atoms with Gasteiger partial charge in [-0.15, -0.1) is 0 Å². The van der Waals surface area contributed by atoms with Crippen LogP contribution < -0.4 is 0 Å². The van der Waals surface area contributed by atoms with Crippen LogP contribution in [0.2, 0.25) is 0 Å². The number of carbonyl (C=O) groups excluding carboxylic acids is 2. The van der Waals surface area contributed by atoms with Crippen LogP contribution in [0, 0.1) is 17.8 Å². The highest BCUT2D eigenvalue weighted by Gasteiger charge is 2.17. The fraction of sp³-hybridized carbons (Fsp3) is 0.933. The van der Waals surface area contributed by atoms with Gasteiger partial charge >= 0.3 is 5.97 Å². The van der Waals surface area contributed by atoms with Gasteiger partial charge in [-0.2, -0.15) is 12.6 Å². The molecule has 1 rings (SSSR count). The van der Waals surface area contributed by atoms with Gasteiger partial charge in [-0.1, -0.05) is 97.3 Å². The second kappa shape index (κ2) is 21.7. The zero-order chi connectivity index (χ0) is 24.9. The third-order valence-corrected chi connectivity index (χ3v) is 8.16. The van der Waals surface area contributed by atoms with Gasteiger partial charge in [-0.3, -0.25) is 9.59 Å². The molecule has 34 heavy (non-hydrogen) atoms. The molecular weight excluding hydrogens is 440 g/mol. The monoisotopic (exact) mass is 496 g/mol. The highest BCUT2D eigenvalue weighted by atomic mass is 32.1. The van der Waals surface area contributed by atoms with E-state index in [0.717, 1.165) is 56.6 Å². The van der Waals surface area contributed by atoms with Crippen molar-refractivity contribution in [2.75, 3.05) is 12.4 Å². The molecule has 200 valence electrons. The molecule has 4 heteroatoms. The Morgan fingerprint density at radius 3 is 1.91 bits per heavy atom. The minimum absolute atomic E-state index is 0.0211. The number of esters is 1. The Hall–Kier alpha value is -0.510. The molecule has 1 aliphatic carbocycles. The number of Topliss-reactive ketones (excluding diaryl/α,β-unsaturated/α-hetero) is 1. The summed E-state index contributed by atoms with van der Waals surface area (Å²) in [6, 6.07) is 0. The summed E-state index contributed by atoms with van der Waals surface area (Å²) in [5.74, 6) is 3.20. The van der Waals surface area contributed by atoms with Gasteiger partial charge in [0, 0.05) is 19.3 Å². The zero-order valence-corrected chi connectivity index (χ0v) is 23.6. The minimum atomic E-state index is -0.0211. The number of ether oxygens (including phenoxy) is 1. The maximum atomic E-state index is 12.6. The van der Waals surface area contributed by atoms with Crippen LogP contribution >= 0.6 is 12.6 Å². The van der Waals surface area contributed by atoms with E-state index in [2.05, 4.69) is 26.5 Å². The molecule has 0 heterocycles. The number of carbonyl (C=O) groups is 2. The average molecular weight is 497 g/mol. The van der Waals surface area contributed by atoms with E-state index in [1.807, 2.05) is 0 Å². The summed E-state index contributed by atoms with van der Waals surface area (Å²) in [6.45, 7) is 5.00. The van der Waals surface area contributed by atoms with E-state index in [1.165, 1.54) is 77.0 Å². The Labute approximate surface area is 217 Å². The summed E-state index contributed by atoms with van der Waals surface area (Å²) in [4.78, 5) is 24.8. The van der Waals surface area contributed by atoms with E-state index in [0.29, 0.717) is 37.1 Å². The fourth-order valence-corrected chi connectivity index (χ4v) is 5.84. The first-order chi connectivity index (χ1) is 16.6. The normalized spacial score (nSPS) is 16.3. The van der Waals surface area contributed by atoms with Gasteiger partial charge in [0.25, 0.3) is 0 Å². The molecule has 3 nitrogen and oxygen atoms in total. The first-order valence-electron chi connectivity index (χ1n) is 14.9. The molecule has 0 aliphatic heterocycles. The van der Waals surface area contributed by atoms with E-state index in [1.54, 1.807) is 0 Å². The predicted octanol–water partition coefficient (Wildman–Crippen LogP) is 9.12. The molecule has 1 fully saturated rings. The lowest BCUT2D eigenvalue weighted by Crippen LogP contribution is -2.14. The second-order valence-electron chi connectivity index (χ2n) is 10.9. The van der Waals surface area contributed by atoms with Crippen molar-refractivity contribution in [1.82, 2.24) is 0 Å². The van der Waals surface area contributed by atoms with Crippen LogP contribution in [-0.2, 0) is 14.3 Å². The molecular formula is C30H56O3S. The van der Waals surface area contributed by atoms with Crippen molar-refractivity contribution in [3.8, 4) is 0 Å². The van der Waals surface area contributed by atoms with E-state index in [-0.39, 0.29) is 5.97 Å². The van der Waals surface area contributed by atoms with Crippen LogP contribution in [0.3, 0.4) is 0 Å². The van der Waals surface area contributed by atoms with Gasteiger partial charge in [0.05, 0.1) is 6.61 Å². The van der Waals surface area contributed by atoms with Crippen LogP contribution in [0.5, 0.6) is 0 Å². The van der Waals surface area contributed by atoms with E-state index in [9.17, 15) is 9.59 Å². The molecule has 0 radical (unpaired) electrons. The van der Waals surface area contributed by atoms with Crippen molar-refractivity contribution < 1.29 is 14.3 Å². The largest absolute Gasteiger partial charge is 0.466 e. The SMILES string of the molecule is CCCCCC(CCS)CCC(=O)CCC(CCCCC)CCOC(=O)CCC1CCCCC1. The highest BCUT2D eigenvalue weighted by Crippen LogP contribution is 2.27. The summed E-state index contributed by atoms with van der Waals surface area (Å²) < 4.78 is 5.60. The summed E-state index contributed by atoms with van der Waals surface area (Å²) in [6.07, 6.45) is 23.5. The molecule has 0 spiro atoms. The number of rotatable bonds is 22. The smallest absolute Gasteiger partial charge is 0.305 e. The van der Waals surface area contributed by atoms with Crippen molar-refractivity contribution in [2.45, 2.75) is 149 Å². The maximum absolute atomic E-state index is 12.6. The molecule has 0 N–H and O–H groups in total. The summed E-state index contributed by atoms with van der Waals surface area (Å²) in [7, 11) is 0. The van der Waals surface area contributed by atoms with Gasteiger partial charge in [0.2, 0.25) is 0 Å². The topological polar surface area (TPSA) is 43.4 Å². The first kappa shape index (κ1) is 31.5. The second-order valence-corrected chi connectivity index (χ2v) is 11.4. The quantitative estimate of drug-likeness (QED) is 0.0923. The molecule has 0 bridgehead atoms. The van der Waals surface area contributed by atoms with E-state index in [4.69, 9.17) is 4.74 Å². The van der Waals surface area contributed by atoms with Crippen molar-refractivity contribution in [3.05, 3.63) is 0 Å². The Morgan fingerprint density at radius 2 is 1.35 bits per heavy atom. The molecule has 0 aromatic heterocycles. The van der Waals surface area contributed by atoms with Crippen molar-refractivity contribution in [3.63, 3.8) is 0 Å². The Bertz CT molecular complexity index is 501. The molecule has 2 atom stereocenters. The molecule has 0 saturated heterocycles. The van der Waals surface area contributed by atoms with Crippen LogP contribution in [0.25, 0.3) is 0 Å². The van der Waals surface area contributed by atoms with Gasteiger partial charge in [0.15, 0.2) is 0 Å².